The van der Waals surface area contributed by atoms with Crippen LogP contribution in [0.2, 0.25) is 0 Å². The summed E-state index contributed by atoms with van der Waals surface area (Å²) in [6.07, 6.45) is -1.71. The van der Waals surface area contributed by atoms with Crippen molar-refractivity contribution in [2.75, 3.05) is 6.61 Å². The smallest absolute Gasteiger partial charge is 0.151 e. The summed E-state index contributed by atoms with van der Waals surface area (Å²) in [5, 5.41) is 43.6. The van der Waals surface area contributed by atoms with Crippen molar-refractivity contribution in [2.45, 2.75) is 44.2 Å². The summed E-state index contributed by atoms with van der Waals surface area (Å²) in [6.45, 7) is -0.361. The third-order valence-electron chi connectivity index (χ3n) is 1.75. The standard InChI is InChI=1S/C8H18O5/c9-5-7(11)4-6(10)2-1-3-8(12)13/h6-13H,1-5H2. The van der Waals surface area contributed by atoms with E-state index in [1.807, 2.05) is 0 Å². The van der Waals surface area contributed by atoms with E-state index in [1.54, 1.807) is 0 Å². The first-order chi connectivity index (χ1) is 6.06. The second kappa shape index (κ2) is 7.23. The molecule has 5 N–H and O–H groups in total. The third-order valence-corrected chi connectivity index (χ3v) is 1.75. The average molecular weight is 194 g/mol. The first kappa shape index (κ1) is 12.8. The van der Waals surface area contributed by atoms with Crippen LogP contribution in [0.3, 0.4) is 0 Å². The molecule has 5 heteroatoms. The lowest BCUT2D eigenvalue weighted by atomic mass is 10.1. The van der Waals surface area contributed by atoms with Crippen molar-refractivity contribution in [3.63, 3.8) is 0 Å². The van der Waals surface area contributed by atoms with Crippen LogP contribution in [0.5, 0.6) is 0 Å². The minimum Gasteiger partial charge on any atom is -0.394 e. The summed E-state index contributed by atoms with van der Waals surface area (Å²) in [6, 6.07) is 0. The average Bonchev–Trinajstić information content (AvgIpc) is 2.03. The SMILES string of the molecule is OCC(O)CC(O)CCCC(O)O. The van der Waals surface area contributed by atoms with E-state index < -0.39 is 18.5 Å². The van der Waals surface area contributed by atoms with Crippen molar-refractivity contribution >= 4 is 0 Å². The third kappa shape index (κ3) is 8.14. The van der Waals surface area contributed by atoms with Gasteiger partial charge in [-0.3, -0.25) is 0 Å². The molecule has 13 heavy (non-hydrogen) atoms. The molecule has 0 bridgehead atoms. The molecule has 80 valence electrons. The van der Waals surface area contributed by atoms with E-state index in [1.165, 1.54) is 0 Å². The zero-order valence-corrected chi connectivity index (χ0v) is 7.50. The monoisotopic (exact) mass is 194 g/mol. The summed E-state index contributed by atoms with van der Waals surface area (Å²) < 4.78 is 0. The van der Waals surface area contributed by atoms with Crippen molar-refractivity contribution in [3.8, 4) is 0 Å². The minimum absolute atomic E-state index is 0.123. The maximum atomic E-state index is 9.23. The number of aliphatic hydroxyl groups is 5. The topological polar surface area (TPSA) is 101 Å². The molecule has 0 heterocycles. The summed E-state index contributed by atoms with van der Waals surface area (Å²) in [4.78, 5) is 0. The van der Waals surface area contributed by atoms with Crippen LogP contribution >= 0.6 is 0 Å². The van der Waals surface area contributed by atoms with Gasteiger partial charge in [-0.05, 0) is 19.3 Å². The van der Waals surface area contributed by atoms with E-state index >= 15 is 0 Å². The van der Waals surface area contributed by atoms with Gasteiger partial charge < -0.3 is 25.5 Å². The molecule has 0 aromatic rings. The Morgan fingerprint density at radius 2 is 1.46 bits per heavy atom. The Labute approximate surface area is 77.3 Å². The fraction of sp³-hybridized carbons (Fsp3) is 1.00. The predicted molar refractivity (Wildman–Crippen MR) is 45.8 cm³/mol. The predicted octanol–water partition coefficient (Wildman–Crippen LogP) is -1.43. The van der Waals surface area contributed by atoms with Crippen LogP contribution in [0.25, 0.3) is 0 Å². The highest BCUT2D eigenvalue weighted by molar-refractivity contribution is 4.62. The number of hydrogen-bond donors (Lipinski definition) is 5. The quantitative estimate of drug-likeness (QED) is 0.320. The first-order valence-corrected chi connectivity index (χ1v) is 4.39. The van der Waals surface area contributed by atoms with Crippen LogP contribution in [-0.2, 0) is 0 Å². The lowest BCUT2D eigenvalue weighted by Crippen LogP contribution is -2.21. The van der Waals surface area contributed by atoms with Crippen LogP contribution in [0, 0.1) is 0 Å². The van der Waals surface area contributed by atoms with Gasteiger partial charge in [0, 0.05) is 6.42 Å². The van der Waals surface area contributed by atoms with Gasteiger partial charge in [0.25, 0.3) is 0 Å². The molecule has 0 aromatic heterocycles. The van der Waals surface area contributed by atoms with Crippen molar-refractivity contribution < 1.29 is 25.5 Å². The minimum atomic E-state index is -1.34. The number of rotatable bonds is 7. The van der Waals surface area contributed by atoms with Crippen LogP contribution < -0.4 is 0 Å². The zero-order valence-electron chi connectivity index (χ0n) is 7.50. The Hall–Kier alpha value is -0.200. The summed E-state index contributed by atoms with van der Waals surface area (Å²) in [7, 11) is 0. The number of hydrogen-bond acceptors (Lipinski definition) is 5. The van der Waals surface area contributed by atoms with Crippen molar-refractivity contribution in [2.24, 2.45) is 0 Å². The van der Waals surface area contributed by atoms with E-state index in [0.29, 0.717) is 12.8 Å². The van der Waals surface area contributed by atoms with E-state index in [9.17, 15) is 5.11 Å². The molecule has 0 rings (SSSR count). The van der Waals surface area contributed by atoms with Crippen LogP contribution in [0.4, 0.5) is 0 Å². The van der Waals surface area contributed by atoms with Crippen molar-refractivity contribution in [1.29, 1.82) is 0 Å². The highest BCUT2D eigenvalue weighted by atomic mass is 16.5. The Bertz CT molecular complexity index is 117. The van der Waals surface area contributed by atoms with E-state index in [-0.39, 0.29) is 19.4 Å². The molecule has 0 saturated heterocycles. The molecule has 0 spiro atoms. The Morgan fingerprint density at radius 1 is 0.846 bits per heavy atom. The van der Waals surface area contributed by atoms with Gasteiger partial charge in [0.15, 0.2) is 6.29 Å². The normalized spacial score (nSPS) is 16.2. The zero-order chi connectivity index (χ0) is 10.3. The van der Waals surface area contributed by atoms with Gasteiger partial charge in [0.1, 0.15) is 0 Å². The van der Waals surface area contributed by atoms with E-state index in [0.717, 1.165) is 0 Å². The van der Waals surface area contributed by atoms with Crippen molar-refractivity contribution in [1.82, 2.24) is 0 Å². The second-order valence-electron chi connectivity index (χ2n) is 3.14. The van der Waals surface area contributed by atoms with Crippen LogP contribution in [-0.4, -0.2) is 50.6 Å². The Balaban J connectivity index is 3.34. The Morgan fingerprint density at radius 3 is 1.92 bits per heavy atom. The molecule has 0 aliphatic rings. The van der Waals surface area contributed by atoms with E-state index in [2.05, 4.69) is 0 Å². The van der Waals surface area contributed by atoms with E-state index in [4.69, 9.17) is 20.4 Å². The fourth-order valence-corrected chi connectivity index (χ4v) is 1.04. The largest absolute Gasteiger partial charge is 0.394 e. The van der Waals surface area contributed by atoms with Gasteiger partial charge in [-0.25, -0.2) is 0 Å². The Kier molecular flexibility index (Phi) is 7.12. The maximum Gasteiger partial charge on any atom is 0.151 e. The fourth-order valence-electron chi connectivity index (χ4n) is 1.04. The van der Waals surface area contributed by atoms with Gasteiger partial charge >= 0.3 is 0 Å². The first-order valence-electron chi connectivity index (χ1n) is 4.39. The van der Waals surface area contributed by atoms with Crippen LogP contribution in [0.1, 0.15) is 25.7 Å². The van der Waals surface area contributed by atoms with Gasteiger partial charge in [-0.1, -0.05) is 0 Å². The lowest BCUT2D eigenvalue weighted by Gasteiger charge is -2.13. The number of aliphatic hydroxyl groups excluding tert-OH is 4. The molecule has 0 radical (unpaired) electrons. The van der Waals surface area contributed by atoms with Gasteiger partial charge in [0.2, 0.25) is 0 Å². The lowest BCUT2D eigenvalue weighted by molar-refractivity contribution is -0.0488. The van der Waals surface area contributed by atoms with Crippen LogP contribution in [0.15, 0.2) is 0 Å². The molecular weight excluding hydrogens is 176 g/mol. The summed E-state index contributed by atoms with van der Waals surface area (Å²) in [5.74, 6) is 0. The molecule has 0 aliphatic heterocycles. The maximum absolute atomic E-state index is 9.23. The molecule has 0 amide bonds. The molecule has 0 aromatic carbocycles. The molecular formula is C8H18O5. The van der Waals surface area contributed by atoms with Gasteiger partial charge in [0.05, 0.1) is 18.8 Å². The molecule has 0 aliphatic carbocycles. The molecule has 0 fully saturated rings. The van der Waals surface area contributed by atoms with Gasteiger partial charge in [-0.2, -0.15) is 0 Å². The highest BCUT2D eigenvalue weighted by Crippen LogP contribution is 2.07. The molecule has 5 nitrogen and oxygen atoms in total. The molecule has 2 atom stereocenters. The molecule has 0 saturated carbocycles. The summed E-state index contributed by atoms with van der Waals surface area (Å²) >= 11 is 0. The van der Waals surface area contributed by atoms with Crippen molar-refractivity contribution in [3.05, 3.63) is 0 Å². The second-order valence-corrected chi connectivity index (χ2v) is 3.14. The summed E-state index contributed by atoms with van der Waals surface area (Å²) in [5.41, 5.74) is 0. The highest BCUT2D eigenvalue weighted by Gasteiger charge is 2.11. The molecule has 2 unspecified atom stereocenters. The van der Waals surface area contributed by atoms with Gasteiger partial charge in [-0.15, -0.1) is 0 Å².